The Morgan fingerprint density at radius 2 is 2.45 bits per heavy atom. The van der Waals surface area contributed by atoms with Crippen LogP contribution in [0.25, 0.3) is 0 Å². The lowest BCUT2D eigenvalue weighted by molar-refractivity contribution is 0.431. The number of anilines is 1. The molecular formula is C8H14N2O. The van der Waals surface area contributed by atoms with Gasteiger partial charge in [-0.25, -0.2) is 0 Å². The fraction of sp³-hybridized carbons (Fsp3) is 0.625. The van der Waals surface area contributed by atoms with Gasteiger partial charge in [0.05, 0.1) is 6.20 Å². The molecule has 1 heterocycles. The van der Waals surface area contributed by atoms with Crippen LogP contribution in [-0.4, -0.2) is 11.7 Å². The number of hydrogen-bond acceptors (Lipinski definition) is 3. The van der Waals surface area contributed by atoms with E-state index in [-0.39, 0.29) is 0 Å². The average Bonchev–Trinajstić information content (AvgIpc) is 2.37. The van der Waals surface area contributed by atoms with E-state index in [2.05, 4.69) is 17.4 Å². The lowest BCUT2D eigenvalue weighted by Crippen LogP contribution is -2.00. The molecule has 1 aromatic heterocycles. The van der Waals surface area contributed by atoms with Gasteiger partial charge in [0.15, 0.2) is 0 Å². The zero-order valence-electron chi connectivity index (χ0n) is 7.05. The van der Waals surface area contributed by atoms with E-state index >= 15 is 0 Å². The Morgan fingerprint density at radius 1 is 1.64 bits per heavy atom. The quantitative estimate of drug-likeness (QED) is 0.675. The summed E-state index contributed by atoms with van der Waals surface area (Å²) in [7, 11) is 0. The zero-order valence-corrected chi connectivity index (χ0v) is 7.05. The van der Waals surface area contributed by atoms with Crippen molar-refractivity contribution in [2.45, 2.75) is 26.7 Å². The average molecular weight is 154 g/mol. The monoisotopic (exact) mass is 154 g/mol. The lowest BCUT2D eigenvalue weighted by Gasteiger charge is -1.99. The van der Waals surface area contributed by atoms with Crippen molar-refractivity contribution in [2.24, 2.45) is 0 Å². The normalized spacial score (nSPS) is 10.0. The Kier molecular flexibility index (Phi) is 2.95. The Bertz CT molecular complexity index is 208. The summed E-state index contributed by atoms with van der Waals surface area (Å²) in [6.45, 7) is 5.10. The molecule has 0 aliphatic carbocycles. The number of nitrogens with one attached hydrogen (secondary N) is 1. The van der Waals surface area contributed by atoms with E-state index in [0.29, 0.717) is 0 Å². The second-order valence-corrected chi connectivity index (χ2v) is 2.62. The van der Waals surface area contributed by atoms with Gasteiger partial charge >= 0.3 is 0 Å². The maximum Gasteiger partial charge on any atom is 0.227 e. The highest BCUT2D eigenvalue weighted by molar-refractivity contribution is 5.37. The number of rotatable bonds is 4. The Labute approximate surface area is 66.8 Å². The van der Waals surface area contributed by atoms with E-state index < -0.39 is 0 Å². The molecule has 3 nitrogen and oxygen atoms in total. The van der Waals surface area contributed by atoms with Crippen LogP contribution >= 0.6 is 0 Å². The molecule has 0 spiro atoms. The maximum atomic E-state index is 4.95. The molecule has 1 rings (SSSR count). The van der Waals surface area contributed by atoms with Crippen molar-refractivity contribution in [3.63, 3.8) is 0 Å². The Hall–Kier alpha value is -0.990. The van der Waals surface area contributed by atoms with Crippen molar-refractivity contribution < 1.29 is 4.52 Å². The van der Waals surface area contributed by atoms with Crippen LogP contribution < -0.4 is 5.32 Å². The Morgan fingerprint density at radius 3 is 3.00 bits per heavy atom. The molecule has 0 fully saturated rings. The number of unbranched alkanes of at least 4 members (excludes halogenated alkanes) is 1. The van der Waals surface area contributed by atoms with Gasteiger partial charge in [0.2, 0.25) is 5.88 Å². The van der Waals surface area contributed by atoms with Crippen LogP contribution in [0.4, 0.5) is 5.88 Å². The van der Waals surface area contributed by atoms with Gasteiger partial charge in [-0.15, -0.1) is 0 Å². The van der Waals surface area contributed by atoms with Crippen molar-refractivity contribution in [3.8, 4) is 0 Å². The second-order valence-electron chi connectivity index (χ2n) is 2.62. The molecule has 0 amide bonds. The summed E-state index contributed by atoms with van der Waals surface area (Å²) in [4.78, 5) is 0. The van der Waals surface area contributed by atoms with Gasteiger partial charge in [-0.1, -0.05) is 18.5 Å². The van der Waals surface area contributed by atoms with Gasteiger partial charge in [0, 0.05) is 12.1 Å². The summed E-state index contributed by atoms with van der Waals surface area (Å²) >= 11 is 0. The van der Waals surface area contributed by atoms with Gasteiger partial charge < -0.3 is 9.84 Å². The van der Waals surface area contributed by atoms with Crippen LogP contribution in [0.1, 0.15) is 25.3 Å². The largest absolute Gasteiger partial charge is 0.354 e. The molecule has 0 radical (unpaired) electrons. The van der Waals surface area contributed by atoms with Gasteiger partial charge in [0.25, 0.3) is 0 Å². The molecule has 0 aliphatic rings. The minimum Gasteiger partial charge on any atom is -0.354 e. The van der Waals surface area contributed by atoms with Crippen LogP contribution in [0.3, 0.4) is 0 Å². The van der Waals surface area contributed by atoms with E-state index in [1.807, 2.05) is 6.92 Å². The van der Waals surface area contributed by atoms with E-state index in [1.54, 1.807) is 6.20 Å². The lowest BCUT2D eigenvalue weighted by atomic mass is 10.3. The predicted octanol–water partition coefficient (Wildman–Crippen LogP) is 2.20. The Balaban J connectivity index is 2.32. The highest BCUT2D eigenvalue weighted by atomic mass is 16.5. The van der Waals surface area contributed by atoms with Crippen molar-refractivity contribution in [1.82, 2.24) is 5.16 Å². The number of hydrogen-bond donors (Lipinski definition) is 1. The predicted molar refractivity (Wildman–Crippen MR) is 44.6 cm³/mol. The number of nitrogens with zero attached hydrogens (tertiary/aromatic N) is 1. The third-order valence-electron chi connectivity index (χ3n) is 1.56. The SMILES string of the molecule is CCCCNc1oncc1C. The summed E-state index contributed by atoms with van der Waals surface area (Å²) in [5, 5.41) is 6.83. The molecule has 1 N–H and O–H groups in total. The molecule has 0 atom stereocenters. The number of aryl methyl sites for hydroxylation is 1. The van der Waals surface area contributed by atoms with Gasteiger partial charge in [-0.3, -0.25) is 0 Å². The van der Waals surface area contributed by atoms with E-state index in [0.717, 1.165) is 18.0 Å². The first-order valence-electron chi connectivity index (χ1n) is 3.99. The van der Waals surface area contributed by atoms with Crippen LogP contribution in [0, 0.1) is 6.92 Å². The molecule has 11 heavy (non-hydrogen) atoms. The van der Waals surface area contributed by atoms with Crippen molar-refractivity contribution in [1.29, 1.82) is 0 Å². The van der Waals surface area contributed by atoms with E-state index in [4.69, 9.17) is 4.52 Å². The van der Waals surface area contributed by atoms with Gasteiger partial charge in [-0.05, 0) is 13.3 Å². The molecule has 0 saturated carbocycles. The second kappa shape index (κ2) is 4.01. The highest BCUT2D eigenvalue weighted by Crippen LogP contribution is 2.11. The minimum atomic E-state index is 0.804. The first-order chi connectivity index (χ1) is 5.34. The summed E-state index contributed by atoms with van der Waals surface area (Å²) in [5.74, 6) is 0.804. The smallest absolute Gasteiger partial charge is 0.227 e. The minimum absolute atomic E-state index is 0.804. The van der Waals surface area contributed by atoms with Crippen molar-refractivity contribution in [2.75, 3.05) is 11.9 Å². The number of aromatic nitrogens is 1. The van der Waals surface area contributed by atoms with Crippen molar-refractivity contribution >= 4 is 5.88 Å². The third kappa shape index (κ3) is 2.26. The topological polar surface area (TPSA) is 38.1 Å². The van der Waals surface area contributed by atoms with E-state index in [9.17, 15) is 0 Å². The van der Waals surface area contributed by atoms with Crippen molar-refractivity contribution in [3.05, 3.63) is 11.8 Å². The maximum absolute atomic E-state index is 4.95. The van der Waals surface area contributed by atoms with Crippen LogP contribution in [0.5, 0.6) is 0 Å². The molecule has 0 aliphatic heterocycles. The van der Waals surface area contributed by atoms with Crippen LogP contribution in [0.15, 0.2) is 10.7 Å². The molecule has 0 unspecified atom stereocenters. The third-order valence-corrected chi connectivity index (χ3v) is 1.56. The van der Waals surface area contributed by atoms with Gasteiger partial charge in [0.1, 0.15) is 0 Å². The van der Waals surface area contributed by atoms with Crippen LogP contribution in [-0.2, 0) is 0 Å². The first kappa shape index (κ1) is 8.11. The fourth-order valence-electron chi connectivity index (χ4n) is 0.839. The zero-order chi connectivity index (χ0) is 8.10. The molecule has 0 aromatic carbocycles. The van der Waals surface area contributed by atoms with Gasteiger partial charge in [-0.2, -0.15) is 0 Å². The highest BCUT2D eigenvalue weighted by Gasteiger charge is 1.99. The molecule has 62 valence electrons. The first-order valence-corrected chi connectivity index (χ1v) is 3.99. The standard InChI is InChI=1S/C8H14N2O/c1-3-4-5-9-8-7(2)6-10-11-8/h6,9H,3-5H2,1-2H3. The summed E-state index contributed by atoms with van der Waals surface area (Å²) in [5.41, 5.74) is 1.07. The molecule has 1 aromatic rings. The fourth-order valence-corrected chi connectivity index (χ4v) is 0.839. The summed E-state index contributed by atoms with van der Waals surface area (Å²) in [6.07, 6.45) is 4.08. The summed E-state index contributed by atoms with van der Waals surface area (Å²) in [6, 6.07) is 0. The van der Waals surface area contributed by atoms with E-state index in [1.165, 1.54) is 12.8 Å². The van der Waals surface area contributed by atoms with Crippen LogP contribution in [0.2, 0.25) is 0 Å². The molecule has 3 heteroatoms. The molecule has 0 saturated heterocycles. The molecule has 0 bridgehead atoms. The molecular weight excluding hydrogens is 140 g/mol. The summed E-state index contributed by atoms with van der Waals surface area (Å²) < 4.78 is 4.95.